The van der Waals surface area contributed by atoms with Gasteiger partial charge in [-0.2, -0.15) is 0 Å². The summed E-state index contributed by atoms with van der Waals surface area (Å²) in [6, 6.07) is 19.7. The van der Waals surface area contributed by atoms with Crippen LogP contribution in [0.5, 0.6) is 11.5 Å². The smallest absolute Gasteiger partial charge is 0.355 e. The van der Waals surface area contributed by atoms with Gasteiger partial charge in [-0.1, -0.05) is 29.8 Å². The quantitative estimate of drug-likeness (QED) is 0.137. The second kappa shape index (κ2) is 9.34. The summed E-state index contributed by atoms with van der Waals surface area (Å²) in [6.45, 7) is 1.52. The van der Waals surface area contributed by atoms with Crippen LogP contribution in [0.25, 0.3) is 10.1 Å². The molecule has 160 valence electrons. The minimum absolute atomic E-state index is 0.00679. The van der Waals surface area contributed by atoms with Crippen LogP contribution < -0.4 is 9.47 Å². The molecule has 1 aromatic heterocycles. The molecule has 5 nitrogen and oxygen atoms in total. The molecule has 0 unspecified atom stereocenters. The number of ketones is 1. The molecule has 32 heavy (non-hydrogen) atoms. The van der Waals surface area contributed by atoms with Crippen molar-refractivity contribution in [1.82, 2.24) is 0 Å². The van der Waals surface area contributed by atoms with Gasteiger partial charge in [0.25, 0.3) is 0 Å². The highest BCUT2D eigenvalue weighted by molar-refractivity contribution is 7.21. The summed E-state index contributed by atoms with van der Waals surface area (Å²) >= 11 is 7.67. The van der Waals surface area contributed by atoms with Crippen LogP contribution in [0.1, 0.15) is 32.5 Å². The lowest BCUT2D eigenvalue weighted by Gasteiger charge is -2.09. The first-order valence-electron chi connectivity index (χ1n) is 9.68. The van der Waals surface area contributed by atoms with E-state index in [1.807, 2.05) is 24.3 Å². The topological polar surface area (TPSA) is 65.0 Å². The number of hydrogen-bond donors (Lipinski definition) is 0. The molecule has 0 bridgehead atoms. The van der Waals surface area contributed by atoms with Crippen molar-refractivity contribution in [3.8, 4) is 11.5 Å². The van der Waals surface area contributed by atoms with Gasteiger partial charge >= 0.3 is 5.97 Å². The Morgan fingerprint density at radius 3 is 2.44 bits per heavy atom. The van der Waals surface area contributed by atoms with Crippen molar-refractivity contribution in [3.63, 3.8) is 0 Å². The van der Waals surface area contributed by atoms with E-state index >= 15 is 0 Å². The molecule has 0 amide bonds. The molecule has 0 aliphatic rings. The van der Waals surface area contributed by atoms with Crippen LogP contribution in [0.3, 0.4) is 0 Å². The van der Waals surface area contributed by atoms with Crippen LogP contribution in [-0.4, -0.2) is 25.1 Å². The third-order valence-corrected chi connectivity index (χ3v) is 6.40. The average molecular weight is 464 g/mol. The Labute approximate surface area is 193 Å². The van der Waals surface area contributed by atoms with E-state index in [0.29, 0.717) is 26.9 Å². The summed E-state index contributed by atoms with van der Waals surface area (Å²) in [5.41, 5.74) is 2.11. The van der Waals surface area contributed by atoms with Crippen LogP contribution in [0.2, 0.25) is 5.02 Å². The zero-order valence-corrected chi connectivity index (χ0v) is 18.9. The van der Waals surface area contributed by atoms with Gasteiger partial charge in [-0.15, -0.1) is 11.3 Å². The highest BCUT2D eigenvalue weighted by atomic mass is 35.5. The predicted molar refractivity (Wildman–Crippen MR) is 128 cm³/mol. The molecule has 0 spiro atoms. The zero-order valence-electron chi connectivity index (χ0n) is 17.3. The number of hydrogen-bond acceptors (Lipinski definition) is 6. The first kappa shape index (κ1) is 21.7. The molecule has 0 saturated carbocycles. The van der Waals surface area contributed by atoms with Gasteiger partial charge in [0, 0.05) is 21.9 Å². The van der Waals surface area contributed by atoms with Gasteiger partial charge in [0.05, 0.1) is 17.8 Å². The summed E-state index contributed by atoms with van der Waals surface area (Å²) < 4.78 is 11.9. The predicted octanol–water partition coefficient (Wildman–Crippen LogP) is 6.74. The number of halogens is 1. The van der Waals surface area contributed by atoms with E-state index in [4.69, 9.17) is 21.1 Å². The third-order valence-electron chi connectivity index (χ3n) is 4.75. The van der Waals surface area contributed by atoms with E-state index in [1.165, 1.54) is 25.4 Å². The maximum Gasteiger partial charge on any atom is 0.355 e. The number of aliphatic imine (C=N–C) groups is 1. The molecule has 0 atom stereocenters. The Morgan fingerprint density at radius 2 is 1.75 bits per heavy atom. The fraction of sp³-hybridized carbons (Fsp3) is 0.0800. The SMILES string of the molecule is COc1cc(C=Nc2ccc(C(C)=O)cc2)ccc1OC(=O)c1sc2ccccc2c1Cl. The van der Waals surface area contributed by atoms with Crippen molar-refractivity contribution in [2.45, 2.75) is 6.92 Å². The number of esters is 1. The van der Waals surface area contributed by atoms with E-state index in [2.05, 4.69) is 4.99 Å². The lowest BCUT2D eigenvalue weighted by molar-refractivity contribution is 0.0735. The number of rotatable bonds is 6. The molecule has 0 saturated heterocycles. The minimum Gasteiger partial charge on any atom is -0.493 e. The molecule has 0 aliphatic carbocycles. The largest absolute Gasteiger partial charge is 0.493 e. The Balaban J connectivity index is 1.53. The minimum atomic E-state index is -0.540. The lowest BCUT2D eigenvalue weighted by Crippen LogP contribution is -2.08. The molecule has 1 heterocycles. The molecule has 7 heteroatoms. The van der Waals surface area contributed by atoms with E-state index in [-0.39, 0.29) is 11.5 Å². The van der Waals surface area contributed by atoms with Gasteiger partial charge in [-0.25, -0.2) is 4.79 Å². The van der Waals surface area contributed by atoms with Gasteiger partial charge in [0.1, 0.15) is 4.88 Å². The van der Waals surface area contributed by atoms with Crippen molar-refractivity contribution in [3.05, 3.63) is 87.8 Å². The van der Waals surface area contributed by atoms with Crippen LogP contribution in [0.4, 0.5) is 5.69 Å². The number of nitrogens with zero attached hydrogens (tertiary/aromatic N) is 1. The summed E-state index contributed by atoms with van der Waals surface area (Å²) in [7, 11) is 1.50. The summed E-state index contributed by atoms with van der Waals surface area (Å²) in [6.07, 6.45) is 1.67. The van der Waals surface area contributed by atoms with Gasteiger partial charge in [0.2, 0.25) is 0 Å². The summed E-state index contributed by atoms with van der Waals surface area (Å²) in [5.74, 6) is 0.147. The Bertz CT molecular complexity index is 1340. The summed E-state index contributed by atoms with van der Waals surface area (Å²) in [4.78, 5) is 28.9. The van der Waals surface area contributed by atoms with Crippen molar-refractivity contribution >= 4 is 56.7 Å². The third kappa shape index (κ3) is 4.56. The molecule has 0 N–H and O–H groups in total. The van der Waals surface area contributed by atoms with Crippen molar-refractivity contribution in [2.24, 2.45) is 4.99 Å². The standard InChI is InChI=1S/C25H18ClNO4S/c1-15(28)17-8-10-18(11-9-17)27-14-16-7-12-20(21(13-16)30-2)31-25(29)24-23(26)19-5-3-4-6-22(19)32-24/h3-14H,1-2H3. The molecule has 0 fully saturated rings. The number of carbonyl (C=O) groups excluding carboxylic acids is 2. The van der Waals surface area contributed by atoms with Gasteiger partial charge in [-0.05, 0) is 61.0 Å². The number of Topliss-reactive ketones (excluding diaryl/α,β-unsaturated/α-hetero) is 1. The van der Waals surface area contributed by atoms with E-state index in [9.17, 15) is 9.59 Å². The van der Waals surface area contributed by atoms with Crippen LogP contribution in [0, 0.1) is 0 Å². The average Bonchev–Trinajstić information content (AvgIpc) is 3.15. The fourth-order valence-corrected chi connectivity index (χ4v) is 4.46. The molecule has 3 aromatic carbocycles. The van der Waals surface area contributed by atoms with Gasteiger partial charge in [0.15, 0.2) is 17.3 Å². The monoisotopic (exact) mass is 463 g/mol. The van der Waals surface area contributed by atoms with Crippen LogP contribution >= 0.6 is 22.9 Å². The number of carbonyl (C=O) groups is 2. The first-order valence-corrected chi connectivity index (χ1v) is 10.9. The van der Waals surface area contributed by atoms with E-state index in [1.54, 1.807) is 48.7 Å². The summed E-state index contributed by atoms with van der Waals surface area (Å²) in [5, 5.41) is 1.20. The highest BCUT2D eigenvalue weighted by Crippen LogP contribution is 2.37. The van der Waals surface area contributed by atoms with E-state index in [0.717, 1.165) is 15.6 Å². The second-order valence-electron chi connectivity index (χ2n) is 6.90. The number of ether oxygens (including phenoxy) is 2. The van der Waals surface area contributed by atoms with Gasteiger partial charge < -0.3 is 9.47 Å². The molecule has 4 rings (SSSR count). The molecule has 0 aliphatic heterocycles. The van der Waals surface area contributed by atoms with Crippen LogP contribution in [0.15, 0.2) is 71.7 Å². The van der Waals surface area contributed by atoms with Gasteiger partial charge in [-0.3, -0.25) is 9.79 Å². The van der Waals surface area contributed by atoms with Crippen molar-refractivity contribution < 1.29 is 19.1 Å². The molecular formula is C25H18ClNO4S. The maximum absolute atomic E-state index is 12.7. The first-order chi connectivity index (χ1) is 15.5. The van der Waals surface area contributed by atoms with Crippen molar-refractivity contribution in [1.29, 1.82) is 0 Å². The maximum atomic E-state index is 12.7. The number of methoxy groups -OCH3 is 1. The fourth-order valence-electron chi connectivity index (χ4n) is 3.07. The lowest BCUT2D eigenvalue weighted by atomic mass is 10.1. The molecule has 0 radical (unpaired) electrons. The Morgan fingerprint density at radius 1 is 1.00 bits per heavy atom. The van der Waals surface area contributed by atoms with Crippen molar-refractivity contribution in [2.75, 3.05) is 7.11 Å². The highest BCUT2D eigenvalue weighted by Gasteiger charge is 2.20. The number of thiophene rings is 1. The molecule has 4 aromatic rings. The van der Waals surface area contributed by atoms with E-state index < -0.39 is 5.97 Å². The Hall–Kier alpha value is -3.48. The zero-order chi connectivity index (χ0) is 22.7. The normalized spacial score (nSPS) is 11.1. The molecular weight excluding hydrogens is 446 g/mol. The number of fused-ring (bicyclic) bond motifs is 1. The van der Waals surface area contributed by atoms with Crippen LogP contribution in [-0.2, 0) is 0 Å². The Kier molecular flexibility index (Phi) is 6.35. The number of benzene rings is 3. The second-order valence-corrected chi connectivity index (χ2v) is 8.33.